The van der Waals surface area contributed by atoms with E-state index < -0.39 is 0 Å². The average Bonchev–Trinajstić information content (AvgIpc) is 3.64. The van der Waals surface area contributed by atoms with Gasteiger partial charge in [0.25, 0.3) is 0 Å². The normalized spacial score (nSPS) is 11.6. The summed E-state index contributed by atoms with van der Waals surface area (Å²) < 4.78 is 2.30. The molecule has 0 aliphatic rings. The Bertz CT molecular complexity index is 2450. The number of H-pyrrole nitrogens is 1. The second kappa shape index (κ2) is 9.79. The summed E-state index contributed by atoms with van der Waals surface area (Å²) in [6.45, 7) is 0. The molecule has 0 atom stereocenters. The highest BCUT2D eigenvalue weighted by atomic mass is 15.1. The maximum Gasteiger partial charge on any atom is 0.161 e. The van der Waals surface area contributed by atoms with Crippen LogP contribution in [0, 0.1) is 0 Å². The standard InChI is InChI=1S/C40H26N4/c1-2-13-26(14-3-1)39-41-25-34(40(43-39)44-36-23-10-7-18-30(36)31-19-8-11-24-37(31)44)28-16-5-4-15-27(28)32-20-12-21-33-29-17-6-9-22-35(29)42-38(32)33/h1-25,42H. The average molecular weight is 563 g/mol. The molecule has 3 aromatic heterocycles. The van der Waals surface area contributed by atoms with Crippen LogP contribution in [0.5, 0.6) is 0 Å². The Kier molecular flexibility index (Phi) is 5.47. The number of aromatic amines is 1. The Labute approximate surface area is 253 Å². The molecule has 44 heavy (non-hydrogen) atoms. The molecule has 0 saturated heterocycles. The Balaban J connectivity index is 1.37. The molecule has 3 heterocycles. The molecule has 0 spiro atoms. The lowest BCUT2D eigenvalue weighted by atomic mass is 9.94. The van der Waals surface area contributed by atoms with Crippen LogP contribution in [-0.4, -0.2) is 19.5 Å². The molecule has 0 fully saturated rings. The van der Waals surface area contributed by atoms with Crippen molar-refractivity contribution in [3.8, 4) is 39.5 Å². The van der Waals surface area contributed by atoms with Gasteiger partial charge >= 0.3 is 0 Å². The van der Waals surface area contributed by atoms with Crippen molar-refractivity contribution in [2.24, 2.45) is 0 Å². The van der Waals surface area contributed by atoms with E-state index in [1.807, 2.05) is 24.4 Å². The lowest BCUT2D eigenvalue weighted by Crippen LogP contribution is -2.04. The summed E-state index contributed by atoms with van der Waals surface area (Å²) in [5, 5.41) is 4.84. The molecule has 0 radical (unpaired) electrons. The van der Waals surface area contributed by atoms with Crippen molar-refractivity contribution < 1.29 is 0 Å². The maximum atomic E-state index is 5.34. The number of hydrogen-bond donors (Lipinski definition) is 1. The first-order valence-corrected chi connectivity index (χ1v) is 14.9. The van der Waals surface area contributed by atoms with Gasteiger partial charge in [-0.05, 0) is 29.3 Å². The second-order valence-corrected chi connectivity index (χ2v) is 11.1. The van der Waals surface area contributed by atoms with Gasteiger partial charge in [0.15, 0.2) is 5.82 Å². The maximum absolute atomic E-state index is 5.34. The van der Waals surface area contributed by atoms with Gasteiger partial charge in [-0.25, -0.2) is 9.97 Å². The zero-order valence-corrected chi connectivity index (χ0v) is 23.8. The third-order valence-electron chi connectivity index (χ3n) is 8.64. The van der Waals surface area contributed by atoms with Crippen molar-refractivity contribution in [2.75, 3.05) is 0 Å². The first-order chi connectivity index (χ1) is 21.8. The molecular formula is C40H26N4. The van der Waals surface area contributed by atoms with E-state index in [0.717, 1.165) is 55.7 Å². The van der Waals surface area contributed by atoms with Gasteiger partial charge in [0.05, 0.1) is 16.6 Å². The summed E-state index contributed by atoms with van der Waals surface area (Å²) in [6, 6.07) is 51.0. The Morgan fingerprint density at radius 3 is 1.77 bits per heavy atom. The van der Waals surface area contributed by atoms with Gasteiger partial charge in [0.2, 0.25) is 0 Å². The quantitative estimate of drug-likeness (QED) is 0.232. The lowest BCUT2D eigenvalue weighted by molar-refractivity contribution is 1.05. The molecule has 0 saturated carbocycles. The molecule has 0 bridgehead atoms. The number of benzene rings is 6. The number of nitrogens with one attached hydrogen (secondary N) is 1. The summed E-state index contributed by atoms with van der Waals surface area (Å²) in [6.07, 6.45) is 2.00. The monoisotopic (exact) mass is 562 g/mol. The molecule has 9 rings (SSSR count). The van der Waals surface area contributed by atoms with Crippen molar-refractivity contribution in [2.45, 2.75) is 0 Å². The van der Waals surface area contributed by atoms with Crippen LogP contribution in [0.2, 0.25) is 0 Å². The van der Waals surface area contributed by atoms with Gasteiger partial charge in [-0.3, -0.25) is 4.57 Å². The number of rotatable bonds is 4. The highest BCUT2D eigenvalue weighted by Gasteiger charge is 2.21. The van der Waals surface area contributed by atoms with Crippen LogP contribution in [-0.2, 0) is 0 Å². The fourth-order valence-electron chi connectivity index (χ4n) is 6.66. The van der Waals surface area contributed by atoms with Crippen molar-refractivity contribution >= 4 is 43.6 Å². The Hall–Kier alpha value is -6.00. The molecule has 206 valence electrons. The van der Waals surface area contributed by atoms with E-state index >= 15 is 0 Å². The number of nitrogens with zero attached hydrogens (tertiary/aromatic N) is 3. The van der Waals surface area contributed by atoms with Crippen LogP contribution in [0.4, 0.5) is 0 Å². The molecule has 9 aromatic rings. The highest BCUT2D eigenvalue weighted by Crippen LogP contribution is 2.41. The fourth-order valence-corrected chi connectivity index (χ4v) is 6.66. The van der Waals surface area contributed by atoms with E-state index in [1.165, 1.54) is 21.5 Å². The molecular weight excluding hydrogens is 536 g/mol. The molecule has 0 aliphatic carbocycles. The van der Waals surface area contributed by atoms with Gasteiger partial charge in [-0.1, -0.05) is 127 Å². The lowest BCUT2D eigenvalue weighted by Gasteiger charge is -2.17. The van der Waals surface area contributed by atoms with Crippen molar-refractivity contribution in [3.63, 3.8) is 0 Å². The number of para-hydroxylation sites is 4. The fraction of sp³-hybridized carbons (Fsp3) is 0. The van der Waals surface area contributed by atoms with Crippen LogP contribution >= 0.6 is 0 Å². The summed E-state index contributed by atoms with van der Waals surface area (Å²) in [5.74, 6) is 1.55. The summed E-state index contributed by atoms with van der Waals surface area (Å²) in [7, 11) is 0. The van der Waals surface area contributed by atoms with Crippen LogP contribution in [0.15, 0.2) is 152 Å². The molecule has 6 aromatic carbocycles. The van der Waals surface area contributed by atoms with Crippen LogP contribution in [0.25, 0.3) is 83.1 Å². The zero-order valence-electron chi connectivity index (χ0n) is 23.8. The van der Waals surface area contributed by atoms with Gasteiger partial charge in [0.1, 0.15) is 5.82 Å². The second-order valence-electron chi connectivity index (χ2n) is 11.1. The van der Waals surface area contributed by atoms with Crippen molar-refractivity contribution in [3.05, 3.63) is 152 Å². The largest absolute Gasteiger partial charge is 0.354 e. The van der Waals surface area contributed by atoms with Gasteiger partial charge in [-0.2, -0.15) is 0 Å². The Morgan fingerprint density at radius 1 is 0.455 bits per heavy atom. The van der Waals surface area contributed by atoms with Crippen molar-refractivity contribution in [1.29, 1.82) is 0 Å². The molecule has 1 N–H and O–H groups in total. The van der Waals surface area contributed by atoms with Crippen LogP contribution in [0.3, 0.4) is 0 Å². The predicted octanol–water partition coefficient (Wildman–Crippen LogP) is 10.2. The zero-order chi connectivity index (χ0) is 29.0. The van der Waals surface area contributed by atoms with E-state index in [-0.39, 0.29) is 0 Å². The third-order valence-corrected chi connectivity index (χ3v) is 8.64. The summed E-state index contributed by atoms with van der Waals surface area (Å²) >= 11 is 0. The van der Waals surface area contributed by atoms with Gasteiger partial charge in [-0.15, -0.1) is 0 Å². The van der Waals surface area contributed by atoms with E-state index in [0.29, 0.717) is 5.82 Å². The molecule has 0 amide bonds. The van der Waals surface area contributed by atoms with E-state index in [2.05, 4.69) is 137 Å². The molecule has 0 aliphatic heterocycles. The smallest absolute Gasteiger partial charge is 0.161 e. The van der Waals surface area contributed by atoms with E-state index in [4.69, 9.17) is 9.97 Å². The minimum absolute atomic E-state index is 0.696. The third kappa shape index (κ3) is 3.71. The Morgan fingerprint density at radius 2 is 1.02 bits per heavy atom. The predicted molar refractivity (Wildman–Crippen MR) is 182 cm³/mol. The molecule has 4 heteroatoms. The highest BCUT2D eigenvalue weighted by molar-refractivity contribution is 6.13. The van der Waals surface area contributed by atoms with Crippen LogP contribution in [0.1, 0.15) is 0 Å². The minimum atomic E-state index is 0.696. The van der Waals surface area contributed by atoms with Crippen molar-refractivity contribution in [1.82, 2.24) is 19.5 Å². The number of fused-ring (bicyclic) bond motifs is 6. The first-order valence-electron chi connectivity index (χ1n) is 14.9. The molecule has 4 nitrogen and oxygen atoms in total. The first kappa shape index (κ1) is 24.6. The number of aromatic nitrogens is 4. The number of hydrogen-bond acceptors (Lipinski definition) is 2. The van der Waals surface area contributed by atoms with Crippen LogP contribution < -0.4 is 0 Å². The van der Waals surface area contributed by atoms with Gasteiger partial charge in [0, 0.05) is 49.9 Å². The minimum Gasteiger partial charge on any atom is -0.354 e. The topological polar surface area (TPSA) is 46.5 Å². The SMILES string of the molecule is c1ccc(-c2ncc(-c3ccccc3-c3cccc4c3[nH]c3ccccc34)c(-n3c4ccccc4c4ccccc43)n2)cc1. The van der Waals surface area contributed by atoms with Gasteiger partial charge < -0.3 is 4.98 Å². The summed E-state index contributed by atoms with van der Waals surface area (Å²) in [4.78, 5) is 14.0. The molecule has 0 unspecified atom stereocenters. The van der Waals surface area contributed by atoms with E-state index in [1.54, 1.807) is 0 Å². The summed E-state index contributed by atoms with van der Waals surface area (Å²) in [5.41, 5.74) is 9.80. The van der Waals surface area contributed by atoms with E-state index in [9.17, 15) is 0 Å².